The Morgan fingerprint density at radius 3 is 2.77 bits per heavy atom. The molecule has 1 amide bonds. The summed E-state index contributed by atoms with van der Waals surface area (Å²) in [5.41, 5.74) is 0.0491. The molecule has 5 nitrogen and oxygen atoms in total. The Hall–Kier alpha value is -1.62. The third kappa shape index (κ3) is 2.82. The zero-order valence-electron chi connectivity index (χ0n) is 12.4. The van der Waals surface area contributed by atoms with Crippen LogP contribution in [0, 0.1) is 27.9 Å². The van der Waals surface area contributed by atoms with Crippen molar-refractivity contribution in [2.75, 3.05) is 0 Å². The highest BCUT2D eigenvalue weighted by atomic mass is 35.5. The molecule has 0 unspecified atom stereocenters. The van der Waals surface area contributed by atoms with Crippen molar-refractivity contribution in [3.63, 3.8) is 0 Å². The van der Waals surface area contributed by atoms with Gasteiger partial charge >= 0.3 is 0 Å². The lowest BCUT2D eigenvalue weighted by molar-refractivity contribution is -0.384. The van der Waals surface area contributed by atoms with Crippen molar-refractivity contribution in [2.24, 2.45) is 17.8 Å². The summed E-state index contributed by atoms with van der Waals surface area (Å²) in [6, 6.07) is 4.01. The molecule has 0 radical (unpaired) electrons. The number of nitrogens with one attached hydrogen (secondary N) is 1. The van der Waals surface area contributed by atoms with E-state index in [2.05, 4.69) is 5.32 Å². The number of carbonyl (C=O) groups excluding carboxylic acids is 1. The summed E-state index contributed by atoms with van der Waals surface area (Å²) >= 11 is 6.02. The molecule has 2 aliphatic rings. The second kappa shape index (κ2) is 5.88. The number of benzene rings is 1. The number of fused-ring (bicyclic) bond motifs is 2. The van der Waals surface area contributed by atoms with E-state index < -0.39 is 4.92 Å². The van der Waals surface area contributed by atoms with E-state index in [4.69, 9.17) is 11.6 Å². The number of nitro groups is 1. The van der Waals surface area contributed by atoms with Crippen molar-refractivity contribution < 1.29 is 9.72 Å². The van der Waals surface area contributed by atoms with E-state index in [-0.39, 0.29) is 28.2 Å². The number of non-ortho nitro benzene ring substituents is 1. The lowest BCUT2D eigenvalue weighted by Gasteiger charge is -2.28. The predicted molar refractivity (Wildman–Crippen MR) is 84.0 cm³/mol. The lowest BCUT2D eigenvalue weighted by atomic mass is 9.84. The topological polar surface area (TPSA) is 72.2 Å². The van der Waals surface area contributed by atoms with Gasteiger partial charge in [-0.1, -0.05) is 18.0 Å². The van der Waals surface area contributed by atoms with Gasteiger partial charge in [-0.2, -0.15) is 0 Å². The molecule has 1 aromatic rings. The Balaban J connectivity index is 1.71. The van der Waals surface area contributed by atoms with Gasteiger partial charge in [0, 0.05) is 18.2 Å². The van der Waals surface area contributed by atoms with Gasteiger partial charge in [-0.3, -0.25) is 14.9 Å². The van der Waals surface area contributed by atoms with E-state index >= 15 is 0 Å². The molecule has 0 heterocycles. The van der Waals surface area contributed by atoms with Crippen LogP contribution in [0.1, 0.15) is 43.0 Å². The Kier molecular flexibility index (Phi) is 4.08. The number of hydrogen-bond acceptors (Lipinski definition) is 3. The minimum Gasteiger partial charge on any atom is -0.349 e. The van der Waals surface area contributed by atoms with Crippen LogP contribution in [0.2, 0.25) is 5.02 Å². The average Bonchev–Trinajstić information content (AvgIpc) is 3.09. The Labute approximate surface area is 134 Å². The van der Waals surface area contributed by atoms with Gasteiger partial charge < -0.3 is 5.32 Å². The second-order valence-corrected chi connectivity index (χ2v) is 6.93. The first-order valence-corrected chi connectivity index (χ1v) is 8.08. The van der Waals surface area contributed by atoms with Gasteiger partial charge in [0.25, 0.3) is 11.6 Å². The average molecular weight is 323 g/mol. The van der Waals surface area contributed by atoms with Crippen LogP contribution in [-0.2, 0) is 0 Å². The summed E-state index contributed by atoms with van der Waals surface area (Å²) < 4.78 is 0. The molecule has 118 valence electrons. The third-order valence-corrected chi connectivity index (χ3v) is 5.53. The molecule has 1 aromatic carbocycles. The minimum absolute atomic E-state index is 0.0677. The fourth-order valence-electron chi connectivity index (χ4n) is 4.10. The molecule has 2 fully saturated rings. The third-order valence-electron chi connectivity index (χ3n) is 5.20. The van der Waals surface area contributed by atoms with E-state index in [9.17, 15) is 14.9 Å². The van der Waals surface area contributed by atoms with E-state index in [0.717, 1.165) is 5.92 Å². The predicted octanol–water partition coefficient (Wildman–Crippen LogP) is 3.80. The quantitative estimate of drug-likeness (QED) is 0.677. The standard InChI is InChI=1S/C16H19ClN2O3/c1-9(13-7-10-2-3-11(13)6-10)18-16(20)14-8-12(19(21)22)4-5-15(14)17/h4-5,8-11,13H,2-3,6-7H2,1H3,(H,18,20)/t9-,10-,11+,13-/m1/s1. The lowest BCUT2D eigenvalue weighted by Crippen LogP contribution is -2.40. The Morgan fingerprint density at radius 2 is 2.18 bits per heavy atom. The van der Waals surface area contributed by atoms with Crippen molar-refractivity contribution >= 4 is 23.2 Å². The van der Waals surface area contributed by atoms with Gasteiger partial charge in [0.15, 0.2) is 0 Å². The Morgan fingerprint density at radius 1 is 1.41 bits per heavy atom. The highest BCUT2D eigenvalue weighted by Gasteiger charge is 2.42. The number of nitro benzene ring substituents is 1. The van der Waals surface area contributed by atoms with E-state index in [0.29, 0.717) is 11.8 Å². The van der Waals surface area contributed by atoms with Crippen molar-refractivity contribution in [3.8, 4) is 0 Å². The highest BCUT2D eigenvalue weighted by molar-refractivity contribution is 6.33. The van der Waals surface area contributed by atoms with Gasteiger partial charge in [-0.15, -0.1) is 0 Å². The van der Waals surface area contributed by atoms with Crippen LogP contribution in [0.4, 0.5) is 5.69 Å². The number of hydrogen-bond donors (Lipinski definition) is 1. The summed E-state index contributed by atoms with van der Waals surface area (Å²) in [4.78, 5) is 22.7. The van der Waals surface area contributed by atoms with E-state index in [1.54, 1.807) is 0 Å². The molecule has 22 heavy (non-hydrogen) atoms. The number of halogens is 1. The molecule has 2 bridgehead atoms. The van der Waals surface area contributed by atoms with Gasteiger partial charge in [0.05, 0.1) is 15.5 Å². The van der Waals surface area contributed by atoms with Crippen LogP contribution in [-0.4, -0.2) is 16.9 Å². The molecule has 2 aliphatic carbocycles. The maximum atomic E-state index is 12.4. The van der Waals surface area contributed by atoms with Crippen LogP contribution in [0.3, 0.4) is 0 Å². The molecule has 0 saturated heterocycles. The maximum Gasteiger partial charge on any atom is 0.270 e. The fraction of sp³-hybridized carbons (Fsp3) is 0.562. The Bertz CT molecular complexity index is 619. The van der Waals surface area contributed by atoms with E-state index in [1.165, 1.54) is 43.9 Å². The van der Waals surface area contributed by atoms with Crippen molar-refractivity contribution in [3.05, 3.63) is 38.9 Å². The van der Waals surface area contributed by atoms with Crippen molar-refractivity contribution in [1.29, 1.82) is 0 Å². The van der Waals surface area contributed by atoms with Gasteiger partial charge in [0.1, 0.15) is 0 Å². The molecule has 1 N–H and O–H groups in total. The number of carbonyl (C=O) groups is 1. The zero-order chi connectivity index (χ0) is 15.9. The van der Waals surface area contributed by atoms with E-state index in [1.807, 2.05) is 6.92 Å². The molecular weight excluding hydrogens is 304 g/mol. The zero-order valence-corrected chi connectivity index (χ0v) is 13.2. The molecule has 0 spiro atoms. The molecule has 2 saturated carbocycles. The van der Waals surface area contributed by atoms with Crippen molar-refractivity contribution in [2.45, 2.75) is 38.6 Å². The molecule has 6 heteroatoms. The molecular formula is C16H19ClN2O3. The molecule has 0 aromatic heterocycles. The summed E-state index contributed by atoms with van der Waals surface area (Å²) in [6.07, 6.45) is 5.03. The van der Waals surface area contributed by atoms with Crippen molar-refractivity contribution in [1.82, 2.24) is 5.32 Å². The molecule has 4 atom stereocenters. The second-order valence-electron chi connectivity index (χ2n) is 6.52. The normalized spacial score (nSPS) is 27.6. The van der Waals surface area contributed by atoms with Gasteiger partial charge in [-0.25, -0.2) is 0 Å². The van der Waals surface area contributed by atoms with Crippen LogP contribution in [0.15, 0.2) is 18.2 Å². The maximum absolute atomic E-state index is 12.4. The summed E-state index contributed by atoms with van der Waals surface area (Å²) in [5, 5.41) is 14.1. The van der Waals surface area contributed by atoms with Crippen LogP contribution < -0.4 is 5.32 Å². The van der Waals surface area contributed by atoms with Gasteiger partial charge in [0.2, 0.25) is 0 Å². The number of rotatable bonds is 4. The SMILES string of the molecule is C[C@@H](NC(=O)c1cc([N+](=O)[O-])ccc1Cl)[C@H]1C[C@@H]2CC[C@H]1C2. The first kappa shape index (κ1) is 15.3. The van der Waals surface area contributed by atoms with Crippen LogP contribution in [0.5, 0.6) is 0 Å². The molecule has 3 rings (SSSR count). The fourth-order valence-corrected chi connectivity index (χ4v) is 4.30. The largest absolute Gasteiger partial charge is 0.349 e. The van der Waals surface area contributed by atoms with Gasteiger partial charge in [-0.05, 0) is 50.0 Å². The summed E-state index contributed by atoms with van der Waals surface area (Å²) in [6.45, 7) is 2.02. The number of nitrogens with zero attached hydrogens (tertiary/aromatic N) is 1. The first-order chi connectivity index (χ1) is 10.5. The monoisotopic (exact) mass is 322 g/mol. The first-order valence-electron chi connectivity index (χ1n) is 7.70. The highest BCUT2D eigenvalue weighted by Crippen LogP contribution is 2.49. The summed E-state index contributed by atoms with van der Waals surface area (Å²) in [7, 11) is 0. The molecule has 0 aliphatic heterocycles. The number of amides is 1. The minimum atomic E-state index is -0.521. The summed E-state index contributed by atoms with van der Waals surface area (Å²) in [5.74, 6) is 1.71. The van der Waals surface area contributed by atoms with Crippen LogP contribution >= 0.6 is 11.6 Å². The smallest absolute Gasteiger partial charge is 0.270 e. The van der Waals surface area contributed by atoms with Crippen LogP contribution in [0.25, 0.3) is 0 Å².